The van der Waals surface area contributed by atoms with Crippen LogP contribution in [0.15, 0.2) is 48.9 Å². The van der Waals surface area contributed by atoms with Crippen molar-refractivity contribution in [2.24, 2.45) is 0 Å². The highest BCUT2D eigenvalue weighted by Gasteiger charge is 2.23. The highest BCUT2D eigenvalue weighted by molar-refractivity contribution is 7.19. The van der Waals surface area contributed by atoms with Gasteiger partial charge in [0.2, 0.25) is 0 Å². The van der Waals surface area contributed by atoms with Crippen LogP contribution in [0, 0.1) is 0 Å². The summed E-state index contributed by atoms with van der Waals surface area (Å²) in [6.45, 7) is 2.12. The molecule has 4 heterocycles. The second kappa shape index (κ2) is 6.70. The molecule has 0 saturated heterocycles. The molecule has 0 bridgehead atoms. The number of aromatic nitrogens is 4. The molecule has 0 aliphatic heterocycles. The van der Waals surface area contributed by atoms with Crippen LogP contribution in [0.2, 0.25) is 0 Å². The van der Waals surface area contributed by atoms with Crippen LogP contribution in [-0.4, -0.2) is 19.9 Å². The van der Waals surface area contributed by atoms with Gasteiger partial charge in [-0.05, 0) is 56.0 Å². The molecule has 0 saturated carbocycles. The average molecular weight is 373 g/mol. The van der Waals surface area contributed by atoms with Gasteiger partial charge in [0, 0.05) is 29.0 Å². The lowest BCUT2D eigenvalue weighted by Crippen LogP contribution is -2.10. The van der Waals surface area contributed by atoms with Crippen molar-refractivity contribution in [2.75, 3.05) is 5.32 Å². The van der Waals surface area contributed by atoms with E-state index in [1.807, 2.05) is 42.7 Å². The molecule has 6 heteroatoms. The topological polar surface area (TPSA) is 63.6 Å². The number of aryl methyl sites for hydroxylation is 2. The van der Waals surface area contributed by atoms with Crippen molar-refractivity contribution in [3.63, 3.8) is 0 Å². The molecule has 1 aliphatic carbocycles. The molecule has 0 aromatic carbocycles. The number of nitrogens with one attached hydrogen (secondary N) is 1. The van der Waals surface area contributed by atoms with Gasteiger partial charge >= 0.3 is 0 Å². The molecule has 0 radical (unpaired) electrons. The van der Waals surface area contributed by atoms with Crippen LogP contribution in [0.4, 0.5) is 5.82 Å². The normalized spacial score (nSPS) is 14.3. The van der Waals surface area contributed by atoms with E-state index >= 15 is 0 Å². The Balaban J connectivity index is 1.64. The Bertz CT molecular complexity index is 1090. The molecule has 0 spiro atoms. The summed E-state index contributed by atoms with van der Waals surface area (Å²) < 4.78 is 0. The van der Waals surface area contributed by atoms with Gasteiger partial charge in [0.1, 0.15) is 10.6 Å². The first-order chi connectivity index (χ1) is 13.3. The third kappa shape index (κ3) is 2.96. The summed E-state index contributed by atoms with van der Waals surface area (Å²) in [6.07, 6.45) is 8.88. The summed E-state index contributed by atoms with van der Waals surface area (Å²) in [6, 6.07) is 9.96. The third-order valence-electron chi connectivity index (χ3n) is 4.97. The second-order valence-electron chi connectivity index (χ2n) is 6.80. The van der Waals surface area contributed by atoms with Crippen LogP contribution in [0.3, 0.4) is 0 Å². The Kier molecular flexibility index (Phi) is 4.05. The highest BCUT2D eigenvalue weighted by atomic mass is 32.1. The van der Waals surface area contributed by atoms with Crippen LogP contribution in [0.1, 0.15) is 35.5 Å². The van der Waals surface area contributed by atoms with Crippen LogP contribution in [0.25, 0.3) is 21.6 Å². The maximum Gasteiger partial charge on any atom is 0.164 e. The Morgan fingerprint density at radius 2 is 2.04 bits per heavy atom. The molecule has 4 aromatic rings. The zero-order valence-corrected chi connectivity index (χ0v) is 15.8. The number of hydrogen-bond donors (Lipinski definition) is 1. The van der Waals surface area contributed by atoms with Crippen molar-refractivity contribution in [3.8, 4) is 11.4 Å². The summed E-state index contributed by atoms with van der Waals surface area (Å²) in [4.78, 5) is 21.0. The fraction of sp³-hybridized carbons (Fsp3) is 0.238. The number of thiophene rings is 1. The van der Waals surface area contributed by atoms with E-state index < -0.39 is 0 Å². The van der Waals surface area contributed by atoms with Gasteiger partial charge in [0.15, 0.2) is 5.82 Å². The number of anilines is 1. The first kappa shape index (κ1) is 16.3. The zero-order valence-electron chi connectivity index (χ0n) is 15.0. The zero-order chi connectivity index (χ0) is 18.2. The first-order valence-corrected chi connectivity index (χ1v) is 10.0. The Morgan fingerprint density at radius 3 is 2.85 bits per heavy atom. The minimum atomic E-state index is 0.0583. The molecule has 0 fully saturated rings. The third-order valence-corrected chi connectivity index (χ3v) is 6.15. The highest BCUT2D eigenvalue weighted by Crippen LogP contribution is 2.41. The van der Waals surface area contributed by atoms with Crippen LogP contribution in [-0.2, 0) is 12.8 Å². The summed E-state index contributed by atoms with van der Waals surface area (Å²) in [5, 5.41) is 4.78. The maximum atomic E-state index is 4.90. The maximum absolute atomic E-state index is 4.90. The average Bonchev–Trinajstić information content (AvgIpc) is 3.30. The molecule has 1 atom stereocenters. The molecule has 1 aliphatic rings. The minimum Gasteiger partial charge on any atom is -0.361 e. The van der Waals surface area contributed by atoms with Crippen molar-refractivity contribution in [1.82, 2.24) is 19.9 Å². The van der Waals surface area contributed by atoms with Crippen LogP contribution < -0.4 is 5.32 Å². The van der Waals surface area contributed by atoms with Gasteiger partial charge in [-0.25, -0.2) is 9.97 Å². The summed E-state index contributed by atoms with van der Waals surface area (Å²) >= 11 is 1.81. The predicted molar refractivity (Wildman–Crippen MR) is 109 cm³/mol. The van der Waals surface area contributed by atoms with Gasteiger partial charge in [-0.2, -0.15) is 0 Å². The lowest BCUT2D eigenvalue weighted by Gasteiger charge is -2.16. The molecule has 1 unspecified atom stereocenters. The minimum absolute atomic E-state index is 0.0583. The van der Waals surface area contributed by atoms with Gasteiger partial charge in [0.25, 0.3) is 0 Å². The molecule has 1 N–H and O–H groups in total. The number of rotatable bonds is 4. The SMILES string of the molecule is CC(Nc1nc(-c2cccnc2)nc2sc3c(c12)CCC3)c1ccccn1. The fourth-order valence-corrected chi connectivity index (χ4v) is 4.90. The van der Waals surface area contributed by atoms with E-state index in [9.17, 15) is 0 Å². The Hall–Kier alpha value is -2.86. The predicted octanol–water partition coefficient (Wildman–Crippen LogP) is 4.81. The van der Waals surface area contributed by atoms with Crippen molar-refractivity contribution < 1.29 is 0 Å². The van der Waals surface area contributed by atoms with Crippen LogP contribution >= 0.6 is 11.3 Å². The van der Waals surface area contributed by atoms with E-state index in [0.717, 1.165) is 34.7 Å². The van der Waals surface area contributed by atoms with E-state index in [-0.39, 0.29) is 6.04 Å². The number of pyridine rings is 2. The molecular formula is C21H19N5S. The number of hydrogen-bond acceptors (Lipinski definition) is 6. The molecule has 5 nitrogen and oxygen atoms in total. The van der Waals surface area contributed by atoms with Crippen molar-refractivity contribution in [1.29, 1.82) is 0 Å². The molecule has 4 aromatic heterocycles. The summed E-state index contributed by atoms with van der Waals surface area (Å²) in [5.74, 6) is 1.61. The molecule has 0 amide bonds. The standard InChI is InChI=1S/C21H19N5S/c1-13(16-8-2-3-11-23-16)24-20-18-15-7-4-9-17(15)27-21(18)26-19(25-20)14-6-5-10-22-12-14/h2-3,5-6,8,10-13H,4,7,9H2,1H3,(H,24,25,26). The van der Waals surface area contributed by atoms with E-state index in [1.54, 1.807) is 17.5 Å². The lowest BCUT2D eigenvalue weighted by atomic mass is 10.1. The molecule has 27 heavy (non-hydrogen) atoms. The molecule has 5 rings (SSSR count). The molecule has 134 valence electrons. The van der Waals surface area contributed by atoms with Gasteiger partial charge in [0.05, 0.1) is 17.1 Å². The van der Waals surface area contributed by atoms with Crippen molar-refractivity contribution >= 4 is 27.4 Å². The number of fused-ring (bicyclic) bond motifs is 3. The quantitative estimate of drug-likeness (QED) is 0.556. The lowest BCUT2D eigenvalue weighted by molar-refractivity contribution is 0.833. The van der Waals surface area contributed by atoms with E-state index in [1.165, 1.54) is 22.2 Å². The van der Waals surface area contributed by atoms with Crippen molar-refractivity contribution in [3.05, 3.63) is 65.1 Å². The summed E-state index contributed by atoms with van der Waals surface area (Å²) in [7, 11) is 0. The van der Waals surface area contributed by atoms with Gasteiger partial charge in [-0.3, -0.25) is 9.97 Å². The second-order valence-corrected chi connectivity index (χ2v) is 7.88. The first-order valence-electron chi connectivity index (χ1n) is 9.20. The van der Waals surface area contributed by atoms with Crippen LogP contribution in [0.5, 0.6) is 0 Å². The van der Waals surface area contributed by atoms with Gasteiger partial charge in [-0.15, -0.1) is 11.3 Å². The van der Waals surface area contributed by atoms with E-state index in [2.05, 4.69) is 22.2 Å². The smallest absolute Gasteiger partial charge is 0.164 e. The van der Waals surface area contributed by atoms with E-state index in [4.69, 9.17) is 9.97 Å². The monoisotopic (exact) mass is 373 g/mol. The number of nitrogens with zero attached hydrogens (tertiary/aromatic N) is 4. The Morgan fingerprint density at radius 1 is 1.07 bits per heavy atom. The van der Waals surface area contributed by atoms with Crippen molar-refractivity contribution in [2.45, 2.75) is 32.2 Å². The fourth-order valence-electron chi connectivity index (χ4n) is 3.64. The molecular weight excluding hydrogens is 354 g/mol. The van der Waals surface area contributed by atoms with Gasteiger partial charge < -0.3 is 5.32 Å². The van der Waals surface area contributed by atoms with E-state index in [0.29, 0.717) is 5.82 Å². The summed E-state index contributed by atoms with van der Waals surface area (Å²) in [5.41, 5.74) is 3.35. The Labute approximate surface area is 161 Å². The largest absolute Gasteiger partial charge is 0.361 e. The van der Waals surface area contributed by atoms with Gasteiger partial charge in [-0.1, -0.05) is 6.07 Å².